The molecule has 3 aromatic carbocycles. The summed E-state index contributed by atoms with van der Waals surface area (Å²) in [7, 11) is 0. The molecule has 1 saturated heterocycles. The molecule has 1 fully saturated rings. The van der Waals surface area contributed by atoms with Crippen molar-refractivity contribution in [2.75, 3.05) is 31.1 Å². The first-order valence-corrected chi connectivity index (χ1v) is 11.2. The zero-order valence-corrected chi connectivity index (χ0v) is 18.4. The van der Waals surface area contributed by atoms with Crippen molar-refractivity contribution in [2.45, 2.75) is 25.0 Å². The third-order valence-corrected chi connectivity index (χ3v) is 6.41. The number of piperidine rings is 1. The van der Waals surface area contributed by atoms with Gasteiger partial charge in [-0.25, -0.2) is 0 Å². The van der Waals surface area contributed by atoms with Crippen molar-refractivity contribution in [3.8, 4) is 0 Å². The van der Waals surface area contributed by atoms with Crippen LogP contribution < -0.4 is 10.6 Å². The van der Waals surface area contributed by atoms with Crippen LogP contribution in [0.25, 0.3) is 0 Å². The zero-order chi connectivity index (χ0) is 22.4. The Morgan fingerprint density at radius 3 is 2.16 bits per heavy atom. The number of rotatable bonds is 8. The molecule has 5 nitrogen and oxygen atoms in total. The topological polar surface area (TPSA) is 69.8 Å². The highest BCUT2D eigenvalue weighted by molar-refractivity contribution is 5.98. The van der Waals surface area contributed by atoms with Gasteiger partial charge in [0.2, 0.25) is 0 Å². The number of likely N-dealkylation sites (tertiary alicyclic amines) is 1. The molecule has 0 unspecified atom stereocenters. The van der Waals surface area contributed by atoms with Crippen LogP contribution in [0.15, 0.2) is 84.9 Å². The van der Waals surface area contributed by atoms with Crippen molar-refractivity contribution in [1.29, 1.82) is 0 Å². The standard InChI is InChI=1S/C27H31N3O2/c28-26(31)24-13-7-8-14-25(24)30(21-22-9-3-1-4-10-22)20-19-29-17-15-27(32,16-18-29)23-11-5-2-6-12-23/h1-14,32H,15-21H2,(H2,28,31). The second kappa shape index (κ2) is 9.98. The van der Waals surface area contributed by atoms with Gasteiger partial charge in [0, 0.05) is 38.4 Å². The molecule has 166 valence electrons. The van der Waals surface area contributed by atoms with Gasteiger partial charge in [-0.2, -0.15) is 0 Å². The molecular formula is C27H31N3O2. The van der Waals surface area contributed by atoms with Gasteiger partial charge in [0.25, 0.3) is 5.91 Å². The molecule has 3 N–H and O–H groups in total. The number of aliphatic hydroxyl groups is 1. The van der Waals surface area contributed by atoms with E-state index in [4.69, 9.17) is 5.73 Å². The Balaban J connectivity index is 1.45. The molecule has 32 heavy (non-hydrogen) atoms. The summed E-state index contributed by atoms with van der Waals surface area (Å²) in [4.78, 5) is 16.7. The average molecular weight is 430 g/mol. The van der Waals surface area contributed by atoms with E-state index in [2.05, 4.69) is 21.9 Å². The van der Waals surface area contributed by atoms with Gasteiger partial charge in [0.1, 0.15) is 0 Å². The Labute approximate surface area is 190 Å². The molecule has 0 aliphatic carbocycles. The largest absolute Gasteiger partial charge is 0.385 e. The second-order valence-corrected chi connectivity index (χ2v) is 8.53. The maximum Gasteiger partial charge on any atom is 0.250 e. The fraction of sp³-hybridized carbons (Fsp3) is 0.296. The molecule has 0 saturated carbocycles. The van der Waals surface area contributed by atoms with E-state index in [1.165, 1.54) is 5.56 Å². The van der Waals surface area contributed by atoms with Crippen LogP contribution in [0, 0.1) is 0 Å². The smallest absolute Gasteiger partial charge is 0.250 e. The van der Waals surface area contributed by atoms with Gasteiger partial charge in [0.15, 0.2) is 0 Å². The van der Waals surface area contributed by atoms with Crippen molar-refractivity contribution in [3.05, 3.63) is 102 Å². The van der Waals surface area contributed by atoms with Crippen LogP contribution in [0.1, 0.15) is 34.3 Å². The van der Waals surface area contributed by atoms with Gasteiger partial charge in [-0.3, -0.25) is 4.79 Å². The summed E-state index contributed by atoms with van der Waals surface area (Å²) in [6.07, 6.45) is 1.43. The lowest BCUT2D eigenvalue weighted by Gasteiger charge is -2.39. The number of hydrogen-bond donors (Lipinski definition) is 2. The van der Waals surface area contributed by atoms with Crippen molar-refractivity contribution in [1.82, 2.24) is 4.90 Å². The summed E-state index contributed by atoms with van der Waals surface area (Å²) in [5.74, 6) is -0.412. The molecule has 1 aliphatic rings. The monoisotopic (exact) mass is 429 g/mol. The van der Waals surface area contributed by atoms with Crippen LogP contribution in [0.2, 0.25) is 0 Å². The fourth-order valence-corrected chi connectivity index (χ4v) is 4.49. The van der Waals surface area contributed by atoms with Crippen molar-refractivity contribution < 1.29 is 9.90 Å². The van der Waals surface area contributed by atoms with Crippen LogP contribution in [-0.4, -0.2) is 42.1 Å². The predicted molar refractivity (Wildman–Crippen MR) is 128 cm³/mol. The molecule has 1 aliphatic heterocycles. The Kier molecular flexibility index (Phi) is 6.88. The normalized spacial score (nSPS) is 15.9. The minimum absolute atomic E-state index is 0.412. The first-order chi connectivity index (χ1) is 15.5. The number of carbonyl (C=O) groups is 1. The minimum Gasteiger partial charge on any atom is -0.385 e. The van der Waals surface area contributed by atoms with E-state index in [9.17, 15) is 9.90 Å². The van der Waals surface area contributed by atoms with Crippen molar-refractivity contribution >= 4 is 11.6 Å². The molecule has 5 heteroatoms. The molecule has 0 atom stereocenters. The molecule has 0 spiro atoms. The predicted octanol–water partition coefficient (Wildman–Crippen LogP) is 3.78. The summed E-state index contributed by atoms with van der Waals surface area (Å²) in [6, 6.07) is 27.8. The Bertz CT molecular complexity index is 1020. The van der Waals surface area contributed by atoms with Crippen LogP contribution in [0.4, 0.5) is 5.69 Å². The number of hydrogen-bond acceptors (Lipinski definition) is 4. The highest BCUT2D eigenvalue weighted by atomic mass is 16.3. The van der Waals surface area contributed by atoms with Gasteiger partial charge in [-0.05, 0) is 36.1 Å². The Hall–Kier alpha value is -3.15. The number of amides is 1. The lowest BCUT2D eigenvalue weighted by Crippen LogP contribution is -2.45. The Morgan fingerprint density at radius 2 is 1.50 bits per heavy atom. The fourth-order valence-electron chi connectivity index (χ4n) is 4.49. The van der Waals surface area contributed by atoms with Gasteiger partial charge >= 0.3 is 0 Å². The number of para-hydroxylation sites is 1. The van der Waals surface area contributed by atoms with Gasteiger partial charge in [-0.1, -0.05) is 72.8 Å². The maximum absolute atomic E-state index is 12.0. The number of carbonyl (C=O) groups excluding carboxylic acids is 1. The SMILES string of the molecule is NC(=O)c1ccccc1N(CCN1CCC(O)(c2ccccc2)CC1)Cc1ccccc1. The highest BCUT2D eigenvalue weighted by Crippen LogP contribution is 2.32. The van der Waals surface area contributed by atoms with Gasteiger partial charge < -0.3 is 20.6 Å². The summed E-state index contributed by atoms with van der Waals surface area (Å²) in [5, 5.41) is 11.1. The number of nitrogens with zero attached hydrogens (tertiary/aromatic N) is 2. The van der Waals surface area contributed by atoms with Crippen molar-refractivity contribution in [2.24, 2.45) is 5.73 Å². The van der Waals surface area contributed by atoms with Crippen LogP contribution >= 0.6 is 0 Å². The zero-order valence-electron chi connectivity index (χ0n) is 18.4. The van der Waals surface area contributed by atoms with Crippen LogP contribution in [0.5, 0.6) is 0 Å². The highest BCUT2D eigenvalue weighted by Gasteiger charge is 2.33. The number of anilines is 1. The minimum atomic E-state index is -0.750. The molecule has 3 aromatic rings. The number of nitrogens with two attached hydrogens (primary N) is 1. The summed E-state index contributed by atoms with van der Waals surface area (Å²) < 4.78 is 0. The average Bonchev–Trinajstić information content (AvgIpc) is 2.84. The van der Waals surface area contributed by atoms with E-state index in [0.717, 1.165) is 37.4 Å². The molecule has 1 heterocycles. The molecule has 1 amide bonds. The Morgan fingerprint density at radius 1 is 0.906 bits per heavy atom. The lowest BCUT2D eigenvalue weighted by molar-refractivity contribution is -0.0252. The van der Waals surface area contributed by atoms with Crippen LogP contribution in [-0.2, 0) is 12.1 Å². The number of benzene rings is 3. The van der Waals surface area contributed by atoms with E-state index in [1.807, 2.05) is 66.7 Å². The van der Waals surface area contributed by atoms with E-state index in [0.29, 0.717) is 24.9 Å². The second-order valence-electron chi connectivity index (χ2n) is 8.53. The third-order valence-electron chi connectivity index (χ3n) is 6.41. The first kappa shape index (κ1) is 22.1. The molecule has 0 aromatic heterocycles. The van der Waals surface area contributed by atoms with E-state index in [-0.39, 0.29) is 0 Å². The van der Waals surface area contributed by atoms with Crippen molar-refractivity contribution in [3.63, 3.8) is 0 Å². The summed E-state index contributed by atoms with van der Waals surface area (Å²) >= 11 is 0. The summed E-state index contributed by atoms with van der Waals surface area (Å²) in [5.41, 5.74) is 8.51. The first-order valence-electron chi connectivity index (χ1n) is 11.2. The lowest BCUT2D eigenvalue weighted by atomic mass is 9.84. The number of primary amides is 1. The van der Waals surface area contributed by atoms with E-state index >= 15 is 0 Å². The van der Waals surface area contributed by atoms with Gasteiger partial charge in [0.05, 0.1) is 11.2 Å². The van der Waals surface area contributed by atoms with E-state index in [1.54, 1.807) is 6.07 Å². The third kappa shape index (κ3) is 5.18. The molecule has 0 bridgehead atoms. The van der Waals surface area contributed by atoms with Gasteiger partial charge in [-0.15, -0.1) is 0 Å². The van der Waals surface area contributed by atoms with E-state index < -0.39 is 11.5 Å². The maximum atomic E-state index is 12.0. The summed E-state index contributed by atoms with van der Waals surface area (Å²) in [6.45, 7) is 3.99. The van der Waals surface area contributed by atoms with Crippen LogP contribution in [0.3, 0.4) is 0 Å². The molecular weight excluding hydrogens is 398 g/mol. The quantitative estimate of drug-likeness (QED) is 0.572. The molecule has 0 radical (unpaired) electrons. The molecule has 4 rings (SSSR count).